The van der Waals surface area contributed by atoms with Crippen LogP contribution in [0.2, 0.25) is 0 Å². The van der Waals surface area contributed by atoms with E-state index in [-0.39, 0.29) is 29.1 Å². The number of nitrogens with two attached hydrogens (primary N) is 1. The maximum atomic E-state index is 12.7. The maximum absolute atomic E-state index is 12.7. The van der Waals surface area contributed by atoms with Crippen LogP contribution in [0.25, 0.3) is 11.1 Å². The second kappa shape index (κ2) is 6.67. The number of aromatic nitrogens is 3. The van der Waals surface area contributed by atoms with Gasteiger partial charge in [-0.15, -0.1) is 12.4 Å². The summed E-state index contributed by atoms with van der Waals surface area (Å²) < 4.78 is 75.1. The van der Waals surface area contributed by atoms with Gasteiger partial charge in [0.2, 0.25) is 5.82 Å². The Kier molecular flexibility index (Phi) is 5.54. The molecule has 0 saturated heterocycles. The van der Waals surface area contributed by atoms with Gasteiger partial charge < -0.3 is 5.73 Å². The van der Waals surface area contributed by atoms with E-state index in [1.807, 2.05) is 0 Å². The minimum atomic E-state index is -4.70. The van der Waals surface area contributed by atoms with Crippen LogP contribution in [0, 0.1) is 0 Å². The lowest BCUT2D eigenvalue weighted by atomic mass is 10.1. The average molecular weight is 359 g/mol. The number of alkyl halides is 6. The van der Waals surface area contributed by atoms with E-state index in [1.54, 1.807) is 0 Å². The van der Waals surface area contributed by atoms with Crippen LogP contribution in [0.4, 0.5) is 26.3 Å². The fraction of sp³-hybridized carbons (Fsp3) is 0.250. The third-order valence-corrected chi connectivity index (χ3v) is 2.69. The quantitative estimate of drug-likeness (QED) is 0.835. The van der Waals surface area contributed by atoms with Gasteiger partial charge in [0.05, 0.1) is 0 Å². The summed E-state index contributed by atoms with van der Waals surface area (Å²) in [6, 6.07) is 1.10. The molecule has 0 radical (unpaired) electrons. The molecule has 126 valence electrons. The molecule has 0 spiro atoms. The van der Waals surface area contributed by atoms with Crippen LogP contribution in [0.3, 0.4) is 0 Å². The lowest BCUT2D eigenvalue weighted by Crippen LogP contribution is -2.14. The van der Waals surface area contributed by atoms with E-state index in [1.165, 1.54) is 0 Å². The molecular weight excluding hydrogens is 350 g/mol. The largest absolute Gasteiger partial charge is 0.451 e. The van der Waals surface area contributed by atoms with E-state index in [0.29, 0.717) is 0 Å². The zero-order valence-corrected chi connectivity index (χ0v) is 11.9. The highest BCUT2D eigenvalue weighted by molar-refractivity contribution is 5.85. The number of pyridine rings is 1. The predicted octanol–water partition coefficient (Wildman–Crippen LogP) is 3.46. The monoisotopic (exact) mass is 358 g/mol. The predicted molar refractivity (Wildman–Crippen MR) is 70.4 cm³/mol. The third kappa shape index (κ3) is 4.29. The molecule has 2 aromatic heterocycles. The Morgan fingerprint density at radius 2 is 1.35 bits per heavy atom. The molecule has 4 nitrogen and oxygen atoms in total. The maximum Gasteiger partial charge on any atom is 0.451 e. The molecule has 23 heavy (non-hydrogen) atoms. The topological polar surface area (TPSA) is 64.7 Å². The van der Waals surface area contributed by atoms with Crippen LogP contribution in [0.5, 0.6) is 0 Å². The Morgan fingerprint density at radius 3 is 1.78 bits per heavy atom. The van der Waals surface area contributed by atoms with E-state index >= 15 is 0 Å². The SMILES string of the molecule is Cl.NCc1cc(-c2cnc(C(F)(F)F)nc2)cnc1C(F)(F)F. The van der Waals surface area contributed by atoms with Crippen molar-refractivity contribution < 1.29 is 26.3 Å². The van der Waals surface area contributed by atoms with Gasteiger partial charge in [-0.05, 0) is 11.6 Å². The van der Waals surface area contributed by atoms with Gasteiger partial charge in [-0.2, -0.15) is 26.3 Å². The van der Waals surface area contributed by atoms with Crippen molar-refractivity contribution in [1.29, 1.82) is 0 Å². The summed E-state index contributed by atoms with van der Waals surface area (Å²) in [5, 5.41) is 0. The Hall–Kier alpha value is -1.94. The summed E-state index contributed by atoms with van der Waals surface area (Å²) in [6.07, 6.45) is -6.75. The van der Waals surface area contributed by atoms with Crippen LogP contribution in [-0.2, 0) is 18.9 Å². The standard InChI is InChI=1S/C12H8F6N4.ClH/c13-11(14,15)9-6(2-19)1-7(3-20-9)8-4-21-10(22-5-8)12(16,17)18;/h1,3-5H,2,19H2;1H. The molecule has 0 fully saturated rings. The summed E-state index contributed by atoms with van der Waals surface area (Å²) in [7, 11) is 0. The summed E-state index contributed by atoms with van der Waals surface area (Å²) in [5.41, 5.74) is 4.09. The molecule has 0 atom stereocenters. The highest BCUT2D eigenvalue weighted by Crippen LogP contribution is 2.32. The van der Waals surface area contributed by atoms with Crippen LogP contribution < -0.4 is 5.73 Å². The average Bonchev–Trinajstić information content (AvgIpc) is 2.45. The highest BCUT2D eigenvalue weighted by atomic mass is 35.5. The second-order valence-electron chi connectivity index (χ2n) is 4.23. The first-order valence-corrected chi connectivity index (χ1v) is 5.78. The molecule has 2 rings (SSSR count). The molecule has 0 saturated carbocycles. The van der Waals surface area contributed by atoms with Gasteiger partial charge in [0, 0.05) is 36.3 Å². The lowest BCUT2D eigenvalue weighted by Gasteiger charge is -2.12. The van der Waals surface area contributed by atoms with Crippen molar-refractivity contribution in [3.63, 3.8) is 0 Å². The van der Waals surface area contributed by atoms with Crippen molar-refractivity contribution in [1.82, 2.24) is 15.0 Å². The summed E-state index contributed by atoms with van der Waals surface area (Å²) in [4.78, 5) is 9.56. The van der Waals surface area contributed by atoms with Crippen molar-refractivity contribution in [3.8, 4) is 11.1 Å². The molecule has 2 heterocycles. The summed E-state index contributed by atoms with van der Waals surface area (Å²) >= 11 is 0. The molecule has 0 aliphatic heterocycles. The van der Waals surface area contributed by atoms with Crippen LogP contribution in [-0.4, -0.2) is 15.0 Å². The number of hydrogen-bond donors (Lipinski definition) is 1. The molecule has 0 amide bonds. The van der Waals surface area contributed by atoms with E-state index in [9.17, 15) is 26.3 Å². The van der Waals surface area contributed by atoms with Gasteiger partial charge in [-0.25, -0.2) is 9.97 Å². The molecule has 0 bridgehead atoms. The number of rotatable bonds is 2. The second-order valence-corrected chi connectivity index (χ2v) is 4.23. The van der Waals surface area contributed by atoms with Gasteiger partial charge in [0.1, 0.15) is 5.69 Å². The van der Waals surface area contributed by atoms with Crippen molar-refractivity contribution in [2.45, 2.75) is 18.9 Å². The summed E-state index contributed by atoms with van der Waals surface area (Å²) in [5.74, 6) is -1.34. The molecule has 2 N–H and O–H groups in total. The fourth-order valence-corrected chi connectivity index (χ4v) is 1.70. The normalized spacial score (nSPS) is 12.0. The molecule has 0 unspecified atom stereocenters. The minimum Gasteiger partial charge on any atom is -0.326 e. The zero-order chi connectivity index (χ0) is 16.5. The molecule has 11 heteroatoms. The molecular formula is C12H9ClF6N4. The first-order valence-electron chi connectivity index (χ1n) is 5.78. The molecule has 0 aromatic carbocycles. The van der Waals surface area contributed by atoms with Crippen molar-refractivity contribution in [2.24, 2.45) is 5.73 Å². The van der Waals surface area contributed by atoms with Crippen molar-refractivity contribution in [3.05, 3.63) is 41.7 Å². The Balaban J connectivity index is 0.00000264. The third-order valence-electron chi connectivity index (χ3n) is 2.69. The molecule has 0 aliphatic rings. The highest BCUT2D eigenvalue weighted by Gasteiger charge is 2.36. The van der Waals surface area contributed by atoms with Crippen molar-refractivity contribution >= 4 is 12.4 Å². The smallest absolute Gasteiger partial charge is 0.326 e. The fourth-order valence-electron chi connectivity index (χ4n) is 1.70. The van der Waals surface area contributed by atoms with Gasteiger partial charge in [-0.1, -0.05) is 0 Å². The van der Waals surface area contributed by atoms with Crippen LogP contribution in [0.1, 0.15) is 17.1 Å². The van der Waals surface area contributed by atoms with E-state index < -0.39 is 30.4 Å². The number of halogens is 7. The number of hydrogen-bond acceptors (Lipinski definition) is 4. The first kappa shape index (κ1) is 19.1. The first-order chi connectivity index (χ1) is 10.1. The zero-order valence-electron chi connectivity index (χ0n) is 11.1. The van der Waals surface area contributed by atoms with Gasteiger partial charge >= 0.3 is 12.4 Å². The molecule has 2 aromatic rings. The lowest BCUT2D eigenvalue weighted by molar-refractivity contribution is -0.145. The van der Waals surface area contributed by atoms with E-state index in [4.69, 9.17) is 5.73 Å². The van der Waals surface area contributed by atoms with E-state index in [2.05, 4.69) is 15.0 Å². The van der Waals surface area contributed by atoms with Crippen LogP contribution >= 0.6 is 12.4 Å². The number of nitrogens with zero attached hydrogens (tertiary/aromatic N) is 3. The van der Waals surface area contributed by atoms with Gasteiger partial charge in [0.15, 0.2) is 0 Å². The van der Waals surface area contributed by atoms with Gasteiger partial charge in [0.25, 0.3) is 0 Å². The van der Waals surface area contributed by atoms with E-state index in [0.717, 1.165) is 24.7 Å². The minimum absolute atomic E-state index is 0. The van der Waals surface area contributed by atoms with Crippen molar-refractivity contribution in [2.75, 3.05) is 0 Å². The van der Waals surface area contributed by atoms with Crippen LogP contribution in [0.15, 0.2) is 24.7 Å². The Bertz CT molecular complexity index is 669. The molecule has 0 aliphatic carbocycles. The van der Waals surface area contributed by atoms with Gasteiger partial charge in [-0.3, -0.25) is 4.98 Å². The summed E-state index contributed by atoms with van der Waals surface area (Å²) in [6.45, 7) is -0.419. The Labute approximate surface area is 132 Å². The Morgan fingerprint density at radius 1 is 0.826 bits per heavy atom.